The van der Waals surface area contributed by atoms with E-state index in [0.29, 0.717) is 17.9 Å². The van der Waals surface area contributed by atoms with Gasteiger partial charge in [0.05, 0.1) is 6.61 Å². The van der Waals surface area contributed by atoms with Crippen molar-refractivity contribution in [1.82, 2.24) is 4.90 Å². The molecule has 0 aromatic carbocycles. The Hall–Kier alpha value is -0.570. The summed E-state index contributed by atoms with van der Waals surface area (Å²) in [6.07, 6.45) is 2.41. The number of nitrogens with zero attached hydrogens (tertiary/aromatic N) is 1. The van der Waals surface area contributed by atoms with Crippen LogP contribution in [0.2, 0.25) is 0 Å². The molecule has 0 N–H and O–H groups in total. The zero-order chi connectivity index (χ0) is 11.6. The van der Waals surface area contributed by atoms with Gasteiger partial charge in [0.25, 0.3) is 0 Å². The lowest BCUT2D eigenvalue weighted by Crippen LogP contribution is -2.35. The van der Waals surface area contributed by atoms with Crippen molar-refractivity contribution in [3.63, 3.8) is 0 Å². The molecular formula is C12H23NO2. The third kappa shape index (κ3) is 2.94. The fourth-order valence-corrected chi connectivity index (χ4v) is 1.60. The van der Waals surface area contributed by atoms with Crippen LogP contribution in [-0.2, 0) is 9.53 Å². The van der Waals surface area contributed by atoms with Crippen molar-refractivity contribution in [2.75, 3.05) is 20.7 Å². The number of esters is 1. The van der Waals surface area contributed by atoms with Crippen LogP contribution in [-0.4, -0.2) is 37.6 Å². The molecule has 15 heavy (non-hydrogen) atoms. The Morgan fingerprint density at radius 2 is 1.87 bits per heavy atom. The lowest BCUT2D eigenvalue weighted by atomic mass is 9.93. The van der Waals surface area contributed by atoms with E-state index in [1.165, 1.54) is 12.8 Å². The summed E-state index contributed by atoms with van der Waals surface area (Å²) in [7, 11) is 3.78. The van der Waals surface area contributed by atoms with Crippen molar-refractivity contribution in [3.8, 4) is 0 Å². The van der Waals surface area contributed by atoms with Gasteiger partial charge in [-0.2, -0.15) is 0 Å². The monoisotopic (exact) mass is 213 g/mol. The molecule has 0 spiro atoms. The predicted molar refractivity (Wildman–Crippen MR) is 60.6 cm³/mol. The SMILES string of the molecule is CC(C(=O)OCC1(C(C)C)CC1)N(C)C. The van der Waals surface area contributed by atoms with Crippen molar-refractivity contribution in [1.29, 1.82) is 0 Å². The van der Waals surface area contributed by atoms with Gasteiger partial charge in [-0.3, -0.25) is 9.69 Å². The second-order valence-electron chi connectivity index (χ2n) is 5.26. The first-order valence-corrected chi connectivity index (χ1v) is 5.72. The molecule has 3 heteroatoms. The molecule has 1 aliphatic carbocycles. The third-order valence-corrected chi connectivity index (χ3v) is 3.73. The van der Waals surface area contributed by atoms with Crippen LogP contribution in [0.5, 0.6) is 0 Å². The molecule has 1 atom stereocenters. The number of likely N-dealkylation sites (N-methyl/N-ethyl adjacent to an activating group) is 1. The van der Waals surface area contributed by atoms with E-state index in [4.69, 9.17) is 4.74 Å². The Morgan fingerprint density at radius 1 is 1.33 bits per heavy atom. The summed E-state index contributed by atoms with van der Waals surface area (Å²) in [5.74, 6) is 0.506. The fraction of sp³-hybridized carbons (Fsp3) is 0.917. The first-order chi connectivity index (χ1) is 6.89. The Morgan fingerprint density at radius 3 is 2.20 bits per heavy atom. The standard InChI is InChI=1S/C12H23NO2/c1-9(2)12(6-7-12)8-15-11(14)10(3)13(4)5/h9-10H,6-8H2,1-5H3. The van der Waals surface area contributed by atoms with E-state index >= 15 is 0 Å². The minimum Gasteiger partial charge on any atom is -0.464 e. The van der Waals surface area contributed by atoms with Crippen LogP contribution in [0.25, 0.3) is 0 Å². The van der Waals surface area contributed by atoms with E-state index in [-0.39, 0.29) is 12.0 Å². The van der Waals surface area contributed by atoms with E-state index in [0.717, 1.165) is 0 Å². The highest BCUT2D eigenvalue weighted by Crippen LogP contribution is 2.51. The second kappa shape index (κ2) is 4.52. The Kier molecular flexibility index (Phi) is 3.77. The van der Waals surface area contributed by atoms with Gasteiger partial charge in [0.15, 0.2) is 0 Å². The van der Waals surface area contributed by atoms with E-state index in [1.54, 1.807) is 0 Å². The molecule has 1 rings (SSSR count). The van der Waals surface area contributed by atoms with Crippen molar-refractivity contribution in [2.45, 2.75) is 39.7 Å². The van der Waals surface area contributed by atoms with E-state index in [1.807, 2.05) is 25.9 Å². The van der Waals surface area contributed by atoms with Crippen LogP contribution in [0, 0.1) is 11.3 Å². The first-order valence-electron chi connectivity index (χ1n) is 5.72. The van der Waals surface area contributed by atoms with E-state index in [9.17, 15) is 4.79 Å². The highest BCUT2D eigenvalue weighted by atomic mass is 16.5. The van der Waals surface area contributed by atoms with Gasteiger partial charge in [-0.25, -0.2) is 0 Å². The average Bonchev–Trinajstić information content (AvgIpc) is 2.93. The molecule has 1 aliphatic rings. The zero-order valence-corrected chi connectivity index (χ0v) is 10.5. The summed E-state index contributed by atoms with van der Waals surface area (Å²) in [5, 5.41) is 0. The van der Waals surface area contributed by atoms with Crippen LogP contribution in [0.1, 0.15) is 33.6 Å². The first kappa shape index (κ1) is 12.5. The molecule has 1 saturated carbocycles. The quantitative estimate of drug-likeness (QED) is 0.653. The Bertz CT molecular complexity index is 232. The maximum atomic E-state index is 11.6. The lowest BCUT2D eigenvalue weighted by Gasteiger charge is -2.22. The lowest BCUT2D eigenvalue weighted by molar-refractivity contribution is -0.150. The molecule has 0 aromatic rings. The highest BCUT2D eigenvalue weighted by molar-refractivity contribution is 5.75. The largest absolute Gasteiger partial charge is 0.464 e. The summed E-state index contributed by atoms with van der Waals surface area (Å²) < 4.78 is 5.37. The molecule has 0 heterocycles. The van der Waals surface area contributed by atoms with Gasteiger partial charge < -0.3 is 4.74 Å². The summed E-state index contributed by atoms with van der Waals surface area (Å²) in [6.45, 7) is 6.88. The van der Waals surface area contributed by atoms with E-state index < -0.39 is 0 Å². The van der Waals surface area contributed by atoms with Gasteiger partial charge in [0, 0.05) is 5.41 Å². The molecule has 88 valence electrons. The minimum atomic E-state index is -0.145. The van der Waals surface area contributed by atoms with Gasteiger partial charge in [-0.1, -0.05) is 13.8 Å². The number of ether oxygens (including phenoxy) is 1. The molecule has 0 amide bonds. The van der Waals surface area contributed by atoms with Gasteiger partial charge in [-0.15, -0.1) is 0 Å². The molecule has 1 fully saturated rings. The summed E-state index contributed by atoms with van der Waals surface area (Å²) in [6, 6.07) is -0.145. The fourth-order valence-electron chi connectivity index (χ4n) is 1.60. The number of carbonyl (C=O) groups excluding carboxylic acids is 1. The number of hydrogen-bond donors (Lipinski definition) is 0. The molecule has 0 aromatic heterocycles. The number of hydrogen-bond acceptors (Lipinski definition) is 3. The van der Waals surface area contributed by atoms with Crippen molar-refractivity contribution >= 4 is 5.97 Å². The highest BCUT2D eigenvalue weighted by Gasteiger charge is 2.46. The topological polar surface area (TPSA) is 29.5 Å². The van der Waals surface area contributed by atoms with Crippen molar-refractivity contribution in [3.05, 3.63) is 0 Å². The third-order valence-electron chi connectivity index (χ3n) is 3.73. The maximum absolute atomic E-state index is 11.6. The number of carbonyl (C=O) groups is 1. The summed E-state index contributed by atoms with van der Waals surface area (Å²) >= 11 is 0. The van der Waals surface area contributed by atoms with E-state index in [2.05, 4.69) is 13.8 Å². The predicted octanol–water partition coefficient (Wildman–Crippen LogP) is 1.92. The summed E-state index contributed by atoms with van der Waals surface area (Å²) in [5.41, 5.74) is 0.293. The Labute approximate surface area is 92.8 Å². The molecule has 3 nitrogen and oxygen atoms in total. The van der Waals surface area contributed by atoms with Gasteiger partial charge in [0.1, 0.15) is 6.04 Å². The average molecular weight is 213 g/mol. The molecule has 0 saturated heterocycles. The molecular weight excluding hydrogens is 190 g/mol. The van der Waals surface area contributed by atoms with Gasteiger partial charge in [-0.05, 0) is 39.8 Å². The molecule has 1 unspecified atom stereocenters. The van der Waals surface area contributed by atoms with Crippen LogP contribution >= 0.6 is 0 Å². The van der Waals surface area contributed by atoms with Crippen molar-refractivity contribution < 1.29 is 9.53 Å². The van der Waals surface area contributed by atoms with Crippen molar-refractivity contribution in [2.24, 2.45) is 11.3 Å². The number of rotatable bonds is 5. The van der Waals surface area contributed by atoms with Crippen LogP contribution in [0.15, 0.2) is 0 Å². The van der Waals surface area contributed by atoms with Crippen LogP contribution < -0.4 is 0 Å². The van der Waals surface area contributed by atoms with Gasteiger partial charge in [0.2, 0.25) is 0 Å². The Balaban J connectivity index is 2.35. The van der Waals surface area contributed by atoms with Crippen LogP contribution in [0.4, 0.5) is 0 Å². The smallest absolute Gasteiger partial charge is 0.323 e. The molecule has 0 aliphatic heterocycles. The molecule has 0 bridgehead atoms. The second-order valence-corrected chi connectivity index (χ2v) is 5.26. The van der Waals surface area contributed by atoms with Crippen LogP contribution in [0.3, 0.4) is 0 Å². The minimum absolute atomic E-state index is 0.105. The molecule has 0 radical (unpaired) electrons. The van der Waals surface area contributed by atoms with Gasteiger partial charge >= 0.3 is 5.97 Å². The zero-order valence-electron chi connectivity index (χ0n) is 10.5. The normalized spacial score (nSPS) is 20.5. The summed E-state index contributed by atoms with van der Waals surface area (Å²) in [4.78, 5) is 13.5. The maximum Gasteiger partial charge on any atom is 0.323 e.